The first-order valence-corrected chi connectivity index (χ1v) is 7.85. The van der Waals surface area contributed by atoms with E-state index >= 15 is 0 Å². The average molecular weight is 302 g/mol. The molecule has 20 heavy (non-hydrogen) atoms. The molecule has 1 aromatic heterocycles. The van der Waals surface area contributed by atoms with Gasteiger partial charge in [-0.3, -0.25) is 0 Å². The smallest absolute Gasteiger partial charge is 0.341 e. The van der Waals surface area contributed by atoms with Crippen LogP contribution >= 0.6 is 0 Å². The van der Waals surface area contributed by atoms with Gasteiger partial charge in [0.2, 0.25) is 5.09 Å². The van der Waals surface area contributed by atoms with Crippen LogP contribution in [0.4, 0.5) is 0 Å². The van der Waals surface area contributed by atoms with Gasteiger partial charge in [0.1, 0.15) is 6.26 Å². The Morgan fingerprint density at radius 2 is 2.30 bits per heavy atom. The van der Waals surface area contributed by atoms with Crippen molar-refractivity contribution in [1.29, 1.82) is 0 Å². The molecule has 1 aromatic rings. The minimum absolute atomic E-state index is 0.0496. The summed E-state index contributed by atoms with van der Waals surface area (Å²) in [6, 6.07) is 1.02. The number of hydrogen-bond donors (Lipinski definition) is 2. The van der Waals surface area contributed by atoms with Crippen molar-refractivity contribution in [2.75, 3.05) is 13.7 Å². The van der Waals surface area contributed by atoms with E-state index in [1.807, 2.05) is 6.92 Å². The van der Waals surface area contributed by atoms with Crippen LogP contribution in [0.1, 0.15) is 30.1 Å². The Morgan fingerprint density at radius 3 is 2.95 bits per heavy atom. The summed E-state index contributed by atoms with van der Waals surface area (Å²) in [6.07, 6.45) is 2.74. The van der Waals surface area contributed by atoms with E-state index in [4.69, 9.17) is 4.42 Å². The third-order valence-corrected chi connectivity index (χ3v) is 4.69. The first-order valence-electron chi connectivity index (χ1n) is 6.36. The Kier molecular flexibility index (Phi) is 4.46. The summed E-state index contributed by atoms with van der Waals surface area (Å²) in [5, 5.41) is 2.93. The van der Waals surface area contributed by atoms with Crippen LogP contribution in [0.25, 0.3) is 0 Å². The van der Waals surface area contributed by atoms with E-state index in [0.29, 0.717) is 0 Å². The van der Waals surface area contributed by atoms with Crippen LogP contribution in [0.3, 0.4) is 0 Å². The number of esters is 1. The lowest BCUT2D eigenvalue weighted by molar-refractivity contribution is 0.0600. The highest BCUT2D eigenvalue weighted by atomic mass is 32.2. The van der Waals surface area contributed by atoms with Crippen LogP contribution in [0, 0.1) is 0 Å². The predicted octanol–water partition coefficient (Wildman–Crippen LogP) is 0.485. The molecule has 0 bridgehead atoms. The fourth-order valence-corrected chi connectivity index (χ4v) is 3.44. The summed E-state index contributed by atoms with van der Waals surface area (Å²) >= 11 is 0. The normalized spacial score (nSPS) is 23.5. The van der Waals surface area contributed by atoms with Crippen molar-refractivity contribution in [3.8, 4) is 0 Å². The zero-order valence-corrected chi connectivity index (χ0v) is 12.2. The summed E-state index contributed by atoms with van der Waals surface area (Å²) in [5.74, 6) is -0.636. The van der Waals surface area contributed by atoms with E-state index < -0.39 is 16.0 Å². The second kappa shape index (κ2) is 5.94. The number of piperidine rings is 1. The lowest BCUT2D eigenvalue weighted by Gasteiger charge is -2.29. The zero-order chi connectivity index (χ0) is 14.8. The fourth-order valence-electron chi connectivity index (χ4n) is 2.14. The molecule has 2 unspecified atom stereocenters. The number of rotatable bonds is 4. The Balaban J connectivity index is 2.13. The molecule has 0 saturated carbocycles. The maximum atomic E-state index is 12.2. The number of carbonyl (C=O) groups is 1. The molecule has 0 radical (unpaired) electrons. The molecule has 2 N–H and O–H groups in total. The minimum Gasteiger partial charge on any atom is -0.465 e. The van der Waals surface area contributed by atoms with Gasteiger partial charge in [-0.15, -0.1) is 0 Å². The quantitative estimate of drug-likeness (QED) is 0.785. The maximum Gasteiger partial charge on any atom is 0.341 e. The van der Waals surface area contributed by atoms with Crippen LogP contribution in [0.5, 0.6) is 0 Å². The molecule has 2 heterocycles. The lowest BCUT2D eigenvalue weighted by Crippen LogP contribution is -2.51. The van der Waals surface area contributed by atoms with Gasteiger partial charge in [0.15, 0.2) is 0 Å². The number of carbonyl (C=O) groups excluding carboxylic acids is 1. The van der Waals surface area contributed by atoms with Gasteiger partial charge >= 0.3 is 5.97 Å². The van der Waals surface area contributed by atoms with E-state index in [1.54, 1.807) is 0 Å². The highest BCUT2D eigenvalue weighted by Crippen LogP contribution is 2.17. The second-order valence-corrected chi connectivity index (χ2v) is 6.40. The van der Waals surface area contributed by atoms with Crippen molar-refractivity contribution in [2.24, 2.45) is 0 Å². The molecule has 0 amide bonds. The Bertz CT molecular complexity index is 580. The molecule has 0 aromatic carbocycles. The third kappa shape index (κ3) is 3.20. The van der Waals surface area contributed by atoms with Crippen molar-refractivity contribution >= 4 is 16.0 Å². The lowest BCUT2D eigenvalue weighted by atomic mass is 10.0. The van der Waals surface area contributed by atoms with Crippen molar-refractivity contribution in [1.82, 2.24) is 10.0 Å². The molecular weight excluding hydrogens is 284 g/mol. The highest BCUT2D eigenvalue weighted by Gasteiger charge is 2.29. The number of furan rings is 1. The van der Waals surface area contributed by atoms with Gasteiger partial charge in [0.25, 0.3) is 10.0 Å². The minimum atomic E-state index is -3.78. The zero-order valence-electron chi connectivity index (χ0n) is 11.4. The molecule has 2 rings (SSSR count). The summed E-state index contributed by atoms with van der Waals surface area (Å²) in [4.78, 5) is 11.3. The molecule has 7 nitrogen and oxygen atoms in total. The Morgan fingerprint density at radius 1 is 1.55 bits per heavy atom. The van der Waals surface area contributed by atoms with Crippen LogP contribution in [0.15, 0.2) is 21.8 Å². The van der Waals surface area contributed by atoms with E-state index in [-0.39, 0.29) is 22.7 Å². The first kappa shape index (κ1) is 15.0. The maximum absolute atomic E-state index is 12.2. The van der Waals surface area contributed by atoms with Crippen LogP contribution < -0.4 is 10.0 Å². The largest absolute Gasteiger partial charge is 0.465 e. The van der Waals surface area contributed by atoms with Gasteiger partial charge in [-0.05, 0) is 26.3 Å². The topological polar surface area (TPSA) is 97.6 Å². The van der Waals surface area contributed by atoms with Crippen molar-refractivity contribution < 1.29 is 22.4 Å². The van der Waals surface area contributed by atoms with E-state index in [0.717, 1.165) is 31.7 Å². The van der Waals surface area contributed by atoms with E-state index in [1.165, 1.54) is 7.11 Å². The molecule has 2 atom stereocenters. The molecular formula is C12H18N2O5S. The second-order valence-electron chi connectivity index (χ2n) is 4.76. The summed E-state index contributed by atoms with van der Waals surface area (Å²) in [5.41, 5.74) is 0.0719. The van der Waals surface area contributed by atoms with Crippen molar-refractivity contribution in [3.63, 3.8) is 0 Å². The number of ether oxygens (including phenoxy) is 1. The standard InChI is InChI=1S/C12H18N2O5S/c1-8-10(4-3-5-13-8)14-20(16,17)11-6-9(7-19-11)12(15)18-2/h6-8,10,13-14H,3-5H2,1-2H3. The third-order valence-electron chi connectivity index (χ3n) is 3.33. The molecule has 0 aliphatic carbocycles. The molecule has 8 heteroatoms. The van der Waals surface area contributed by atoms with Gasteiger partial charge in [-0.1, -0.05) is 0 Å². The van der Waals surface area contributed by atoms with Crippen molar-refractivity contribution in [2.45, 2.75) is 36.9 Å². The number of nitrogens with one attached hydrogen (secondary N) is 2. The van der Waals surface area contributed by atoms with Crippen LogP contribution in [0.2, 0.25) is 0 Å². The van der Waals surface area contributed by atoms with E-state index in [9.17, 15) is 13.2 Å². The number of hydrogen-bond acceptors (Lipinski definition) is 6. The highest BCUT2D eigenvalue weighted by molar-refractivity contribution is 7.89. The Labute approximate surface area is 117 Å². The van der Waals surface area contributed by atoms with Gasteiger partial charge in [-0.2, -0.15) is 0 Å². The summed E-state index contributed by atoms with van der Waals surface area (Å²) < 4.78 is 36.4. The van der Waals surface area contributed by atoms with Crippen LogP contribution in [-0.4, -0.2) is 40.1 Å². The Hall–Kier alpha value is -1.38. The van der Waals surface area contributed by atoms with Crippen LogP contribution in [-0.2, 0) is 14.8 Å². The molecule has 1 aliphatic rings. The summed E-state index contributed by atoms with van der Waals surface area (Å²) in [7, 11) is -2.56. The molecule has 112 valence electrons. The van der Waals surface area contributed by atoms with Crippen molar-refractivity contribution in [3.05, 3.63) is 17.9 Å². The van der Waals surface area contributed by atoms with Gasteiger partial charge in [0, 0.05) is 18.2 Å². The summed E-state index contributed by atoms with van der Waals surface area (Å²) in [6.45, 7) is 2.81. The first-order chi connectivity index (χ1) is 9.44. The molecule has 1 saturated heterocycles. The van der Waals surface area contributed by atoms with Gasteiger partial charge < -0.3 is 14.5 Å². The predicted molar refractivity (Wildman–Crippen MR) is 70.9 cm³/mol. The number of sulfonamides is 1. The van der Waals surface area contributed by atoms with Gasteiger partial charge in [-0.25, -0.2) is 17.9 Å². The number of methoxy groups -OCH3 is 1. The monoisotopic (exact) mass is 302 g/mol. The average Bonchev–Trinajstić information content (AvgIpc) is 2.91. The van der Waals surface area contributed by atoms with E-state index in [2.05, 4.69) is 14.8 Å². The SMILES string of the molecule is COC(=O)c1coc(S(=O)(=O)NC2CCCNC2C)c1. The molecule has 1 aliphatic heterocycles. The van der Waals surface area contributed by atoms with Gasteiger partial charge in [0.05, 0.1) is 12.7 Å². The molecule has 0 spiro atoms. The molecule has 1 fully saturated rings. The fraction of sp³-hybridized carbons (Fsp3) is 0.583.